The lowest BCUT2D eigenvalue weighted by Gasteiger charge is -2.32. The minimum Gasteiger partial charge on any atom is -0.497 e. The molecule has 0 bridgehead atoms. The summed E-state index contributed by atoms with van der Waals surface area (Å²) in [4.78, 5) is 5.46. The first-order valence-electron chi connectivity index (χ1n) is 12.7. The van der Waals surface area contributed by atoms with E-state index in [1.165, 1.54) is 4.31 Å². The average Bonchev–Trinajstić information content (AvgIpc) is 3.11. The summed E-state index contributed by atoms with van der Waals surface area (Å²) in [5.74, 6) is 1.21. The number of sulfonamides is 1. The first-order valence-corrected chi connectivity index (χ1v) is 14.1. The smallest absolute Gasteiger partial charge is 0.266 e. The van der Waals surface area contributed by atoms with Gasteiger partial charge in [-0.1, -0.05) is 74.4 Å². The zero-order valence-electron chi connectivity index (χ0n) is 23.2. The third-order valence-corrected chi connectivity index (χ3v) is 8.34. The minimum atomic E-state index is -3.94. The molecule has 0 fully saturated rings. The van der Waals surface area contributed by atoms with Gasteiger partial charge in [0.2, 0.25) is 0 Å². The van der Waals surface area contributed by atoms with Gasteiger partial charge in [-0.2, -0.15) is 0 Å². The SMILES string of the molecule is COc1ccc(C2c3cc(C)ccc3C(=NC(C)(C)CC(C)(C)C)N2S(=O)(=O)c2ccc(C)cc2)cc1. The summed E-state index contributed by atoms with van der Waals surface area (Å²) in [6.07, 6.45) is 0.802. The van der Waals surface area contributed by atoms with Crippen LogP contribution in [0.3, 0.4) is 0 Å². The second kappa shape index (κ2) is 9.64. The molecule has 0 aromatic heterocycles. The molecule has 4 rings (SSSR count). The zero-order chi connectivity index (χ0) is 27.2. The van der Waals surface area contributed by atoms with Crippen LogP contribution in [0, 0.1) is 19.3 Å². The summed E-state index contributed by atoms with van der Waals surface area (Å²) in [6.45, 7) is 14.7. The molecule has 0 saturated heterocycles. The van der Waals surface area contributed by atoms with E-state index in [4.69, 9.17) is 9.73 Å². The topological polar surface area (TPSA) is 59.0 Å². The number of hydrogen-bond donors (Lipinski definition) is 0. The maximum Gasteiger partial charge on any atom is 0.266 e. The molecule has 196 valence electrons. The molecule has 1 unspecified atom stereocenters. The number of benzene rings is 3. The first-order chi connectivity index (χ1) is 17.2. The van der Waals surface area contributed by atoms with Gasteiger partial charge in [0, 0.05) is 5.56 Å². The maximum absolute atomic E-state index is 14.4. The van der Waals surface area contributed by atoms with E-state index in [0.29, 0.717) is 5.84 Å². The van der Waals surface area contributed by atoms with Gasteiger partial charge < -0.3 is 4.74 Å². The van der Waals surface area contributed by atoms with Crippen molar-refractivity contribution < 1.29 is 13.2 Å². The Morgan fingerprint density at radius 1 is 0.865 bits per heavy atom. The summed E-state index contributed by atoms with van der Waals surface area (Å²) in [7, 11) is -2.32. The van der Waals surface area contributed by atoms with Crippen LogP contribution in [0.2, 0.25) is 0 Å². The van der Waals surface area contributed by atoms with Crippen molar-refractivity contribution in [1.29, 1.82) is 0 Å². The molecule has 3 aromatic rings. The molecule has 0 saturated carbocycles. The summed E-state index contributed by atoms with van der Waals surface area (Å²) < 4.78 is 35.7. The Balaban J connectivity index is 2.00. The Morgan fingerprint density at radius 2 is 1.46 bits per heavy atom. The van der Waals surface area contributed by atoms with Crippen LogP contribution in [0.4, 0.5) is 0 Å². The number of amidine groups is 1. The molecule has 3 aromatic carbocycles. The highest BCUT2D eigenvalue weighted by molar-refractivity contribution is 7.89. The van der Waals surface area contributed by atoms with E-state index in [1.54, 1.807) is 19.2 Å². The second-order valence-electron chi connectivity index (χ2n) is 11.9. The fourth-order valence-corrected chi connectivity index (χ4v) is 6.98. The summed E-state index contributed by atoms with van der Waals surface area (Å²) in [6, 6.07) is 20.2. The number of aliphatic imine (C=N–C) groups is 1. The molecular formula is C31H38N2O3S. The lowest BCUT2D eigenvalue weighted by molar-refractivity contribution is 0.287. The van der Waals surface area contributed by atoms with Crippen LogP contribution in [0.25, 0.3) is 0 Å². The number of rotatable bonds is 6. The van der Waals surface area contributed by atoms with Crippen molar-refractivity contribution in [3.8, 4) is 5.75 Å². The fourth-order valence-electron chi connectivity index (χ4n) is 5.39. The van der Waals surface area contributed by atoms with Crippen molar-refractivity contribution >= 4 is 15.9 Å². The first kappa shape index (κ1) is 26.9. The highest BCUT2D eigenvalue weighted by Crippen LogP contribution is 2.44. The molecule has 1 heterocycles. The predicted molar refractivity (Wildman–Crippen MR) is 151 cm³/mol. The van der Waals surface area contributed by atoms with Gasteiger partial charge in [-0.15, -0.1) is 0 Å². The molecule has 0 spiro atoms. The lowest BCUT2D eigenvalue weighted by Crippen LogP contribution is -2.38. The van der Waals surface area contributed by atoms with E-state index >= 15 is 0 Å². The Bertz CT molecular complexity index is 1410. The molecule has 1 aliphatic heterocycles. The van der Waals surface area contributed by atoms with Crippen molar-refractivity contribution in [1.82, 2.24) is 4.31 Å². The van der Waals surface area contributed by atoms with Gasteiger partial charge in [0.25, 0.3) is 10.0 Å². The molecule has 1 atom stereocenters. The van der Waals surface area contributed by atoms with E-state index in [-0.39, 0.29) is 10.3 Å². The monoisotopic (exact) mass is 518 g/mol. The minimum absolute atomic E-state index is 0.0261. The molecule has 37 heavy (non-hydrogen) atoms. The van der Waals surface area contributed by atoms with E-state index < -0.39 is 21.6 Å². The highest BCUT2D eigenvalue weighted by atomic mass is 32.2. The second-order valence-corrected chi connectivity index (χ2v) is 13.7. The number of methoxy groups -OCH3 is 1. The van der Waals surface area contributed by atoms with Gasteiger partial charge in [0.15, 0.2) is 0 Å². The van der Waals surface area contributed by atoms with Gasteiger partial charge in [-0.3, -0.25) is 4.99 Å². The van der Waals surface area contributed by atoms with Gasteiger partial charge in [0.1, 0.15) is 11.6 Å². The number of ether oxygens (including phenoxy) is 1. The molecule has 0 aliphatic carbocycles. The van der Waals surface area contributed by atoms with Crippen molar-refractivity contribution in [2.45, 2.75) is 71.4 Å². The van der Waals surface area contributed by atoms with Crippen molar-refractivity contribution in [3.63, 3.8) is 0 Å². The summed E-state index contributed by atoms with van der Waals surface area (Å²) in [5.41, 5.74) is 4.27. The molecular weight excluding hydrogens is 480 g/mol. The molecule has 6 heteroatoms. The van der Waals surface area contributed by atoms with E-state index in [0.717, 1.165) is 40.0 Å². The largest absolute Gasteiger partial charge is 0.497 e. The quantitative estimate of drug-likeness (QED) is 0.351. The van der Waals surface area contributed by atoms with E-state index in [9.17, 15) is 8.42 Å². The average molecular weight is 519 g/mol. The van der Waals surface area contributed by atoms with Crippen molar-refractivity contribution in [2.75, 3.05) is 7.11 Å². The highest BCUT2D eigenvalue weighted by Gasteiger charge is 2.45. The molecule has 0 N–H and O–H groups in total. The number of aryl methyl sites for hydroxylation is 2. The maximum atomic E-state index is 14.4. The third kappa shape index (κ3) is 5.59. The predicted octanol–water partition coefficient (Wildman–Crippen LogP) is 7.07. The Morgan fingerprint density at radius 3 is 2.03 bits per heavy atom. The number of fused-ring (bicyclic) bond motifs is 1. The van der Waals surface area contributed by atoms with Crippen LogP contribution in [0.1, 0.15) is 74.9 Å². The zero-order valence-corrected chi connectivity index (χ0v) is 24.0. The van der Waals surface area contributed by atoms with Crippen molar-refractivity contribution in [2.24, 2.45) is 10.4 Å². The van der Waals surface area contributed by atoms with Gasteiger partial charge in [-0.25, -0.2) is 12.7 Å². The summed E-state index contributed by atoms with van der Waals surface area (Å²) in [5, 5.41) is 0. The molecule has 5 nitrogen and oxygen atoms in total. The van der Waals surface area contributed by atoms with Gasteiger partial charge >= 0.3 is 0 Å². The Hall–Kier alpha value is -3.12. The summed E-state index contributed by atoms with van der Waals surface area (Å²) >= 11 is 0. The third-order valence-electron chi connectivity index (χ3n) is 6.57. The van der Waals surface area contributed by atoms with Gasteiger partial charge in [-0.05, 0) is 74.9 Å². The van der Waals surface area contributed by atoms with Crippen LogP contribution in [-0.4, -0.2) is 31.2 Å². The normalized spacial score (nSPS) is 17.2. The molecule has 0 radical (unpaired) electrons. The van der Waals surface area contributed by atoms with E-state index in [2.05, 4.69) is 40.7 Å². The Labute approximate surface area is 222 Å². The van der Waals surface area contributed by atoms with Crippen LogP contribution in [0.15, 0.2) is 76.6 Å². The van der Waals surface area contributed by atoms with Crippen LogP contribution < -0.4 is 4.74 Å². The van der Waals surface area contributed by atoms with Crippen molar-refractivity contribution in [3.05, 3.63) is 94.5 Å². The van der Waals surface area contributed by atoms with E-state index in [1.807, 2.05) is 62.4 Å². The standard InChI is InChI=1S/C31H38N2O3S/c1-21-9-16-25(17-10-21)37(34,35)33-28(23-12-14-24(36-8)15-13-23)27-19-22(2)11-18-26(27)29(33)32-31(6,7)20-30(3,4)5/h9-19,28H,20H2,1-8H3. The lowest BCUT2D eigenvalue weighted by atomic mass is 9.82. The fraction of sp³-hybridized carbons (Fsp3) is 0.387. The number of nitrogens with zero attached hydrogens (tertiary/aromatic N) is 2. The van der Waals surface area contributed by atoms with Crippen LogP contribution >= 0.6 is 0 Å². The van der Waals surface area contributed by atoms with Crippen LogP contribution in [0.5, 0.6) is 5.75 Å². The Kier molecular flexibility index (Phi) is 7.02. The van der Waals surface area contributed by atoms with Gasteiger partial charge in [0.05, 0.1) is 23.6 Å². The number of hydrogen-bond acceptors (Lipinski definition) is 4. The van der Waals surface area contributed by atoms with Crippen LogP contribution in [-0.2, 0) is 10.0 Å². The molecule has 1 aliphatic rings. The molecule has 0 amide bonds.